The minimum atomic E-state index is -0.312. The van der Waals surface area contributed by atoms with Gasteiger partial charge in [-0.3, -0.25) is 0 Å². The molecule has 88 valence electrons. The number of carbonyl (C=O) groups excluding carboxylic acids is 1. The van der Waals surface area contributed by atoms with Gasteiger partial charge in [0.15, 0.2) is 0 Å². The Labute approximate surface area is 92.9 Å². The van der Waals surface area contributed by atoms with E-state index in [0.717, 1.165) is 13.0 Å². The zero-order valence-corrected chi connectivity index (χ0v) is 10.4. The van der Waals surface area contributed by atoms with Crippen molar-refractivity contribution in [1.29, 1.82) is 0 Å². The molecule has 0 radical (unpaired) electrons. The largest absolute Gasteiger partial charge is 0.461 e. The lowest BCUT2D eigenvalue weighted by Crippen LogP contribution is -2.25. The number of nitrogens with one attached hydrogen (secondary N) is 1. The first-order chi connectivity index (χ1) is 6.83. The molecular formula is C12H23NO2. The Hall–Kier alpha value is -0.830. The van der Waals surface area contributed by atoms with Crippen LogP contribution in [0.3, 0.4) is 0 Å². The van der Waals surface area contributed by atoms with Crippen LogP contribution in [0, 0.1) is 5.41 Å². The SMILES string of the molecule is C=C(C)C(=O)OCCNCCC(C)(C)C. The summed E-state index contributed by atoms with van der Waals surface area (Å²) < 4.78 is 4.93. The van der Waals surface area contributed by atoms with E-state index in [1.807, 2.05) is 0 Å². The lowest BCUT2D eigenvalue weighted by atomic mass is 9.92. The van der Waals surface area contributed by atoms with Crippen LogP contribution >= 0.6 is 0 Å². The summed E-state index contributed by atoms with van der Waals surface area (Å²) in [5.41, 5.74) is 0.797. The fraction of sp³-hybridized carbons (Fsp3) is 0.750. The van der Waals surface area contributed by atoms with E-state index >= 15 is 0 Å². The molecule has 0 fully saturated rings. The van der Waals surface area contributed by atoms with Crippen LogP contribution in [-0.2, 0) is 9.53 Å². The summed E-state index contributed by atoms with van der Waals surface area (Å²) in [5.74, 6) is -0.312. The summed E-state index contributed by atoms with van der Waals surface area (Å²) in [6.07, 6.45) is 1.11. The van der Waals surface area contributed by atoms with Crippen LogP contribution in [0.25, 0.3) is 0 Å². The molecular weight excluding hydrogens is 190 g/mol. The van der Waals surface area contributed by atoms with Crippen molar-refractivity contribution in [2.24, 2.45) is 5.41 Å². The molecule has 3 nitrogen and oxygen atoms in total. The molecule has 0 aliphatic rings. The Morgan fingerprint density at radius 2 is 1.93 bits per heavy atom. The second-order valence-electron chi connectivity index (χ2n) is 4.98. The van der Waals surface area contributed by atoms with Gasteiger partial charge in [0.2, 0.25) is 0 Å². The van der Waals surface area contributed by atoms with E-state index in [2.05, 4.69) is 32.7 Å². The van der Waals surface area contributed by atoms with Gasteiger partial charge in [-0.1, -0.05) is 27.4 Å². The second-order valence-corrected chi connectivity index (χ2v) is 4.98. The van der Waals surface area contributed by atoms with E-state index in [9.17, 15) is 4.79 Å². The molecule has 0 bridgehead atoms. The molecule has 0 aromatic heterocycles. The first kappa shape index (κ1) is 14.2. The van der Waals surface area contributed by atoms with Gasteiger partial charge in [0, 0.05) is 12.1 Å². The summed E-state index contributed by atoms with van der Waals surface area (Å²) in [6, 6.07) is 0. The summed E-state index contributed by atoms with van der Waals surface area (Å²) in [7, 11) is 0. The van der Waals surface area contributed by atoms with Gasteiger partial charge in [0.1, 0.15) is 6.61 Å². The van der Waals surface area contributed by atoms with Gasteiger partial charge >= 0.3 is 5.97 Å². The molecule has 0 saturated heterocycles. The summed E-state index contributed by atoms with van der Waals surface area (Å²) in [4.78, 5) is 11.0. The Bertz CT molecular complexity index is 216. The first-order valence-corrected chi connectivity index (χ1v) is 5.36. The Morgan fingerprint density at radius 3 is 2.40 bits per heavy atom. The second kappa shape index (κ2) is 6.62. The molecule has 0 aliphatic heterocycles. The molecule has 0 rings (SSSR count). The Kier molecular flexibility index (Phi) is 6.25. The maximum absolute atomic E-state index is 11.0. The standard InChI is InChI=1S/C12H23NO2/c1-10(2)11(14)15-9-8-13-7-6-12(3,4)5/h13H,1,6-9H2,2-5H3. The maximum Gasteiger partial charge on any atom is 0.333 e. The zero-order chi connectivity index (χ0) is 11.9. The molecule has 0 aromatic rings. The number of rotatable bonds is 6. The van der Waals surface area contributed by atoms with Crippen LogP contribution < -0.4 is 5.32 Å². The van der Waals surface area contributed by atoms with Crippen LogP contribution in [0.4, 0.5) is 0 Å². The van der Waals surface area contributed by atoms with Gasteiger partial charge in [-0.25, -0.2) is 4.79 Å². The number of esters is 1. The first-order valence-electron chi connectivity index (χ1n) is 5.36. The number of ether oxygens (including phenoxy) is 1. The van der Waals surface area contributed by atoms with E-state index in [1.165, 1.54) is 0 Å². The highest BCUT2D eigenvalue weighted by molar-refractivity contribution is 5.86. The van der Waals surface area contributed by atoms with Crippen molar-refractivity contribution >= 4 is 5.97 Å². The summed E-state index contributed by atoms with van der Waals surface area (Å²) in [6.45, 7) is 13.8. The smallest absolute Gasteiger partial charge is 0.333 e. The highest BCUT2D eigenvalue weighted by atomic mass is 16.5. The van der Waals surface area contributed by atoms with Crippen molar-refractivity contribution in [1.82, 2.24) is 5.32 Å². The molecule has 0 unspecified atom stereocenters. The minimum Gasteiger partial charge on any atom is -0.461 e. The third kappa shape index (κ3) is 9.47. The van der Waals surface area contributed by atoms with Crippen LogP contribution in [0.1, 0.15) is 34.1 Å². The van der Waals surface area contributed by atoms with Crippen molar-refractivity contribution in [2.45, 2.75) is 34.1 Å². The molecule has 3 heteroatoms. The van der Waals surface area contributed by atoms with E-state index in [4.69, 9.17) is 4.74 Å². The summed E-state index contributed by atoms with van der Waals surface area (Å²) in [5, 5.41) is 3.23. The van der Waals surface area contributed by atoms with Gasteiger partial charge in [-0.05, 0) is 25.3 Å². The number of hydrogen-bond acceptors (Lipinski definition) is 3. The van der Waals surface area contributed by atoms with Crippen molar-refractivity contribution in [3.05, 3.63) is 12.2 Å². The van der Waals surface area contributed by atoms with E-state index in [1.54, 1.807) is 6.92 Å². The average molecular weight is 213 g/mol. The quantitative estimate of drug-likeness (QED) is 0.417. The topological polar surface area (TPSA) is 38.3 Å². The maximum atomic E-state index is 11.0. The fourth-order valence-electron chi connectivity index (χ4n) is 0.927. The predicted molar refractivity (Wildman–Crippen MR) is 62.7 cm³/mol. The molecule has 0 heterocycles. The lowest BCUT2D eigenvalue weighted by Gasteiger charge is -2.17. The molecule has 15 heavy (non-hydrogen) atoms. The number of carbonyl (C=O) groups is 1. The molecule has 1 N–H and O–H groups in total. The average Bonchev–Trinajstić information content (AvgIpc) is 2.08. The lowest BCUT2D eigenvalue weighted by molar-refractivity contribution is -0.138. The van der Waals surface area contributed by atoms with Crippen LogP contribution in [-0.4, -0.2) is 25.7 Å². The third-order valence-corrected chi connectivity index (χ3v) is 1.91. The molecule has 0 spiro atoms. The normalized spacial score (nSPS) is 11.2. The molecule has 0 saturated carbocycles. The van der Waals surface area contributed by atoms with Crippen LogP contribution in [0.15, 0.2) is 12.2 Å². The van der Waals surface area contributed by atoms with Crippen LogP contribution in [0.5, 0.6) is 0 Å². The zero-order valence-electron chi connectivity index (χ0n) is 10.4. The highest BCUT2D eigenvalue weighted by Gasteiger charge is 2.08. The van der Waals surface area contributed by atoms with E-state index in [0.29, 0.717) is 24.1 Å². The number of hydrogen-bond donors (Lipinski definition) is 1. The van der Waals surface area contributed by atoms with Gasteiger partial charge in [-0.2, -0.15) is 0 Å². The fourth-order valence-corrected chi connectivity index (χ4v) is 0.927. The van der Waals surface area contributed by atoms with Crippen LogP contribution in [0.2, 0.25) is 0 Å². The van der Waals surface area contributed by atoms with Gasteiger partial charge < -0.3 is 10.1 Å². The summed E-state index contributed by atoms with van der Waals surface area (Å²) >= 11 is 0. The molecule has 0 aromatic carbocycles. The van der Waals surface area contributed by atoms with Crippen molar-refractivity contribution < 1.29 is 9.53 Å². The Morgan fingerprint density at radius 1 is 1.33 bits per heavy atom. The predicted octanol–water partition coefficient (Wildman–Crippen LogP) is 2.13. The third-order valence-electron chi connectivity index (χ3n) is 1.91. The van der Waals surface area contributed by atoms with Crippen molar-refractivity contribution in [2.75, 3.05) is 19.7 Å². The van der Waals surface area contributed by atoms with E-state index < -0.39 is 0 Å². The van der Waals surface area contributed by atoms with Gasteiger partial charge in [0.25, 0.3) is 0 Å². The minimum absolute atomic E-state index is 0.312. The van der Waals surface area contributed by atoms with Gasteiger partial charge in [-0.15, -0.1) is 0 Å². The van der Waals surface area contributed by atoms with Gasteiger partial charge in [0.05, 0.1) is 0 Å². The van der Waals surface area contributed by atoms with E-state index in [-0.39, 0.29) is 5.97 Å². The molecule has 0 aliphatic carbocycles. The van der Waals surface area contributed by atoms with Crippen molar-refractivity contribution in [3.8, 4) is 0 Å². The Balaban J connectivity index is 3.33. The monoisotopic (exact) mass is 213 g/mol. The highest BCUT2D eigenvalue weighted by Crippen LogP contribution is 2.16. The van der Waals surface area contributed by atoms with Crippen molar-refractivity contribution in [3.63, 3.8) is 0 Å². The molecule has 0 amide bonds. The molecule has 0 atom stereocenters.